The first-order valence-electron chi connectivity index (χ1n) is 9.55. The molecule has 1 spiro atoms. The fraction of sp³-hybridized carbons (Fsp3) is 0.650. The van der Waals surface area contributed by atoms with Crippen LogP contribution in [0.2, 0.25) is 0 Å². The van der Waals surface area contributed by atoms with Crippen LogP contribution in [0.25, 0.3) is 0 Å². The molecule has 7 heteroatoms. The van der Waals surface area contributed by atoms with Gasteiger partial charge in [-0.05, 0) is 27.7 Å². The maximum Gasteiger partial charge on any atom is 0.230 e. The smallest absolute Gasteiger partial charge is 0.230 e. The minimum Gasteiger partial charge on any atom is -0.360 e. The van der Waals surface area contributed by atoms with Gasteiger partial charge in [-0.15, -0.1) is 0 Å². The standard InChI is InChI=1S/C20H28N4O3/c1-13-21-8-9-23(13)11-10-22(5)17(25)15-14-6-7-20(27-14)12-24(19(2,3)4)18(26)16(15)20/h6-9,14-16H,10-12H2,1-5H3/t14-,15-,16+,20-/m0/s1. The molecule has 4 rings (SSSR count). The lowest BCUT2D eigenvalue weighted by Gasteiger charge is -2.34. The van der Waals surface area contributed by atoms with Crippen LogP contribution < -0.4 is 0 Å². The first kappa shape index (κ1) is 18.2. The van der Waals surface area contributed by atoms with Gasteiger partial charge in [-0.25, -0.2) is 4.98 Å². The number of aryl methyl sites for hydroxylation is 1. The van der Waals surface area contributed by atoms with E-state index in [9.17, 15) is 9.59 Å². The molecule has 27 heavy (non-hydrogen) atoms. The highest BCUT2D eigenvalue weighted by Gasteiger charge is 2.68. The molecular formula is C20H28N4O3. The molecule has 0 radical (unpaired) electrons. The molecule has 0 saturated carbocycles. The van der Waals surface area contributed by atoms with Crippen LogP contribution in [0.5, 0.6) is 0 Å². The van der Waals surface area contributed by atoms with Gasteiger partial charge in [0.1, 0.15) is 11.4 Å². The van der Waals surface area contributed by atoms with Gasteiger partial charge < -0.3 is 19.1 Å². The second kappa shape index (κ2) is 5.92. The van der Waals surface area contributed by atoms with E-state index in [2.05, 4.69) is 4.98 Å². The molecule has 0 aliphatic carbocycles. The van der Waals surface area contributed by atoms with Crippen LogP contribution in [-0.2, 0) is 20.9 Å². The lowest BCUT2D eigenvalue weighted by atomic mass is 9.76. The molecule has 3 aliphatic rings. The van der Waals surface area contributed by atoms with Crippen molar-refractivity contribution in [1.29, 1.82) is 0 Å². The monoisotopic (exact) mass is 372 g/mol. The zero-order chi connectivity index (χ0) is 19.6. The first-order valence-corrected chi connectivity index (χ1v) is 9.55. The fourth-order valence-corrected chi connectivity index (χ4v) is 4.61. The molecule has 2 fully saturated rings. The van der Waals surface area contributed by atoms with E-state index in [1.165, 1.54) is 0 Å². The number of likely N-dealkylation sites (N-methyl/N-ethyl adjacent to an activating group) is 1. The van der Waals surface area contributed by atoms with Gasteiger partial charge in [0.05, 0.1) is 24.5 Å². The van der Waals surface area contributed by atoms with E-state index < -0.39 is 17.4 Å². The molecule has 2 amide bonds. The number of fused-ring (bicyclic) bond motifs is 1. The number of carbonyl (C=O) groups is 2. The Labute approximate surface area is 160 Å². The summed E-state index contributed by atoms with van der Waals surface area (Å²) < 4.78 is 8.22. The number of ether oxygens (including phenoxy) is 1. The Kier molecular flexibility index (Phi) is 4.00. The van der Waals surface area contributed by atoms with Crippen molar-refractivity contribution in [3.8, 4) is 0 Å². The summed E-state index contributed by atoms with van der Waals surface area (Å²) >= 11 is 0. The van der Waals surface area contributed by atoms with Gasteiger partial charge in [0.25, 0.3) is 0 Å². The van der Waals surface area contributed by atoms with Crippen molar-refractivity contribution in [1.82, 2.24) is 19.4 Å². The van der Waals surface area contributed by atoms with Crippen LogP contribution in [0.1, 0.15) is 26.6 Å². The molecule has 4 heterocycles. The summed E-state index contributed by atoms with van der Waals surface area (Å²) in [6.45, 7) is 9.78. The molecule has 2 saturated heterocycles. The number of carbonyl (C=O) groups excluding carboxylic acids is 2. The number of rotatable bonds is 4. The van der Waals surface area contributed by atoms with Crippen LogP contribution in [0.15, 0.2) is 24.5 Å². The average molecular weight is 372 g/mol. The van der Waals surface area contributed by atoms with Gasteiger partial charge >= 0.3 is 0 Å². The highest BCUT2D eigenvalue weighted by Crippen LogP contribution is 2.53. The predicted octanol–water partition coefficient (Wildman–Crippen LogP) is 1.23. The van der Waals surface area contributed by atoms with E-state index in [0.29, 0.717) is 19.6 Å². The van der Waals surface area contributed by atoms with E-state index in [-0.39, 0.29) is 23.5 Å². The largest absolute Gasteiger partial charge is 0.360 e. The molecule has 2 bridgehead atoms. The Morgan fingerprint density at radius 1 is 1.44 bits per heavy atom. The highest BCUT2D eigenvalue weighted by atomic mass is 16.5. The molecule has 1 aromatic heterocycles. The lowest BCUT2D eigenvalue weighted by molar-refractivity contribution is -0.144. The Bertz CT molecular complexity index is 808. The van der Waals surface area contributed by atoms with Crippen molar-refractivity contribution in [3.05, 3.63) is 30.4 Å². The van der Waals surface area contributed by atoms with E-state index in [4.69, 9.17) is 4.74 Å². The average Bonchev–Trinajstić information content (AvgIpc) is 3.33. The van der Waals surface area contributed by atoms with Crippen LogP contribution in [0, 0.1) is 18.8 Å². The maximum absolute atomic E-state index is 13.2. The van der Waals surface area contributed by atoms with E-state index in [1.54, 1.807) is 18.1 Å². The van der Waals surface area contributed by atoms with E-state index in [1.807, 2.05) is 55.5 Å². The third kappa shape index (κ3) is 2.71. The number of nitrogens with zero attached hydrogens (tertiary/aromatic N) is 4. The van der Waals surface area contributed by atoms with Crippen molar-refractivity contribution < 1.29 is 14.3 Å². The topological polar surface area (TPSA) is 67.7 Å². The maximum atomic E-state index is 13.2. The van der Waals surface area contributed by atoms with E-state index in [0.717, 1.165) is 5.82 Å². The molecule has 4 atom stereocenters. The molecule has 0 aromatic carbocycles. The van der Waals surface area contributed by atoms with Gasteiger partial charge in [0.15, 0.2) is 0 Å². The van der Waals surface area contributed by atoms with E-state index >= 15 is 0 Å². The van der Waals surface area contributed by atoms with Crippen LogP contribution in [0.4, 0.5) is 0 Å². The second-order valence-electron chi connectivity index (χ2n) is 8.92. The number of aromatic nitrogens is 2. The quantitative estimate of drug-likeness (QED) is 0.746. The molecule has 3 aliphatic heterocycles. The molecular weight excluding hydrogens is 344 g/mol. The van der Waals surface area contributed by atoms with Crippen molar-refractivity contribution in [2.75, 3.05) is 20.1 Å². The summed E-state index contributed by atoms with van der Waals surface area (Å²) in [5.41, 5.74) is -0.930. The molecule has 1 aromatic rings. The Hall–Kier alpha value is -2.15. The Morgan fingerprint density at radius 3 is 2.81 bits per heavy atom. The van der Waals surface area contributed by atoms with Gasteiger partial charge in [-0.1, -0.05) is 12.2 Å². The minimum absolute atomic E-state index is 0.0156. The van der Waals surface area contributed by atoms with Crippen molar-refractivity contribution >= 4 is 11.8 Å². The molecule has 7 nitrogen and oxygen atoms in total. The van der Waals surface area contributed by atoms with Gasteiger partial charge in [-0.2, -0.15) is 0 Å². The summed E-state index contributed by atoms with van der Waals surface area (Å²) in [5.74, 6) is 0.0813. The lowest BCUT2D eigenvalue weighted by Crippen LogP contribution is -2.47. The number of hydrogen-bond acceptors (Lipinski definition) is 4. The number of imidazole rings is 1. The summed E-state index contributed by atoms with van der Waals surface area (Å²) in [6.07, 6.45) is 7.34. The van der Waals surface area contributed by atoms with Crippen LogP contribution in [-0.4, -0.2) is 68.5 Å². The zero-order valence-corrected chi connectivity index (χ0v) is 16.7. The fourth-order valence-electron chi connectivity index (χ4n) is 4.61. The van der Waals surface area contributed by atoms with Crippen molar-refractivity contribution in [2.24, 2.45) is 11.8 Å². The Morgan fingerprint density at radius 2 is 2.19 bits per heavy atom. The zero-order valence-electron chi connectivity index (χ0n) is 16.7. The van der Waals surface area contributed by atoms with Gasteiger partial charge in [0, 0.05) is 38.1 Å². The predicted molar refractivity (Wildman–Crippen MR) is 99.8 cm³/mol. The third-order valence-electron chi connectivity index (χ3n) is 6.17. The first-order chi connectivity index (χ1) is 12.6. The van der Waals surface area contributed by atoms with Crippen molar-refractivity contribution in [2.45, 2.75) is 51.5 Å². The molecule has 0 N–H and O–H groups in total. The Balaban J connectivity index is 1.52. The number of amides is 2. The van der Waals surface area contributed by atoms with Gasteiger partial charge in [0.2, 0.25) is 11.8 Å². The number of hydrogen-bond donors (Lipinski definition) is 0. The summed E-state index contributed by atoms with van der Waals surface area (Å²) in [5, 5.41) is 0. The summed E-state index contributed by atoms with van der Waals surface area (Å²) in [6, 6.07) is 0. The van der Waals surface area contributed by atoms with Crippen LogP contribution >= 0.6 is 0 Å². The summed E-state index contributed by atoms with van der Waals surface area (Å²) in [7, 11) is 1.80. The molecule has 0 unspecified atom stereocenters. The minimum atomic E-state index is -0.642. The second-order valence-corrected chi connectivity index (χ2v) is 8.92. The number of likely N-dealkylation sites (tertiary alicyclic amines) is 1. The highest BCUT2D eigenvalue weighted by molar-refractivity contribution is 5.93. The SMILES string of the molecule is Cc1nccn1CCN(C)C(=O)[C@H]1[C@@H]2C=C[C@@]3(CN(C(C)(C)C)C(=O)[C@@H]13)O2. The third-order valence-corrected chi connectivity index (χ3v) is 6.17. The summed E-state index contributed by atoms with van der Waals surface area (Å²) in [4.78, 5) is 34.2. The molecule has 146 valence electrons. The normalized spacial score (nSPS) is 31.7. The van der Waals surface area contributed by atoms with Crippen molar-refractivity contribution in [3.63, 3.8) is 0 Å². The van der Waals surface area contributed by atoms with Crippen LogP contribution in [0.3, 0.4) is 0 Å². The van der Waals surface area contributed by atoms with Gasteiger partial charge in [-0.3, -0.25) is 9.59 Å².